The van der Waals surface area contributed by atoms with Gasteiger partial charge in [0, 0.05) is 12.1 Å². The highest BCUT2D eigenvalue weighted by molar-refractivity contribution is 5.77. The molecule has 2 aromatic carbocycles. The van der Waals surface area contributed by atoms with Crippen molar-refractivity contribution in [2.75, 3.05) is 34.5 Å². The van der Waals surface area contributed by atoms with E-state index < -0.39 is 0 Å². The number of benzene rings is 2. The van der Waals surface area contributed by atoms with Gasteiger partial charge in [-0.05, 0) is 55.3 Å². The zero-order chi connectivity index (χ0) is 19.9. The summed E-state index contributed by atoms with van der Waals surface area (Å²) in [6.45, 7) is 1.08. The van der Waals surface area contributed by atoms with Gasteiger partial charge in [-0.15, -0.1) is 0 Å². The van der Waals surface area contributed by atoms with Crippen LogP contribution in [0, 0.1) is 0 Å². The summed E-state index contributed by atoms with van der Waals surface area (Å²) in [4.78, 5) is 14.8. The van der Waals surface area contributed by atoms with Crippen molar-refractivity contribution in [2.45, 2.75) is 25.3 Å². The number of nitrogens with zero attached hydrogens (tertiary/aromatic N) is 1. The highest BCUT2D eigenvalue weighted by Gasteiger charge is 2.31. The summed E-state index contributed by atoms with van der Waals surface area (Å²) < 4.78 is 21.7. The minimum absolute atomic E-state index is 0.00136. The van der Waals surface area contributed by atoms with Gasteiger partial charge in [0.1, 0.15) is 23.0 Å². The van der Waals surface area contributed by atoms with Crippen molar-refractivity contribution in [1.82, 2.24) is 4.90 Å². The van der Waals surface area contributed by atoms with Gasteiger partial charge in [-0.3, -0.25) is 4.79 Å². The molecular formula is C22H27NO5. The van der Waals surface area contributed by atoms with Gasteiger partial charge >= 0.3 is 0 Å². The number of methoxy groups -OCH3 is 3. The fourth-order valence-corrected chi connectivity index (χ4v) is 3.56. The smallest absolute Gasteiger partial charge is 0.226 e. The van der Waals surface area contributed by atoms with E-state index in [9.17, 15) is 4.79 Å². The summed E-state index contributed by atoms with van der Waals surface area (Å²) in [6.07, 6.45) is 2.21. The molecule has 0 radical (unpaired) electrons. The number of carbonyl (C=O) groups excluding carboxylic acids is 1. The normalized spacial score (nSPS) is 16.0. The Morgan fingerprint density at radius 2 is 1.64 bits per heavy atom. The molecule has 0 spiro atoms. The largest absolute Gasteiger partial charge is 0.497 e. The first-order chi connectivity index (χ1) is 13.7. The predicted octanol–water partition coefficient (Wildman–Crippen LogP) is 3.85. The molecule has 1 amide bonds. The number of hydrogen-bond acceptors (Lipinski definition) is 5. The minimum atomic E-state index is -0.00136. The van der Waals surface area contributed by atoms with Crippen LogP contribution in [-0.2, 0) is 4.79 Å². The molecule has 0 saturated carbocycles. The first-order valence-corrected chi connectivity index (χ1v) is 9.44. The summed E-state index contributed by atoms with van der Waals surface area (Å²) in [5.74, 6) is 3.12. The lowest BCUT2D eigenvalue weighted by Gasteiger charge is -2.26. The van der Waals surface area contributed by atoms with Crippen LogP contribution in [0.4, 0.5) is 0 Å². The monoisotopic (exact) mass is 385 g/mol. The van der Waals surface area contributed by atoms with Gasteiger partial charge in [0.25, 0.3) is 0 Å². The molecule has 1 atom stereocenters. The molecule has 2 aromatic rings. The Balaban J connectivity index is 1.63. The average molecular weight is 385 g/mol. The first kappa shape index (κ1) is 19.9. The molecule has 28 heavy (non-hydrogen) atoms. The third-order valence-electron chi connectivity index (χ3n) is 5.01. The van der Waals surface area contributed by atoms with Crippen LogP contribution in [0.15, 0.2) is 42.5 Å². The summed E-state index contributed by atoms with van der Waals surface area (Å²) in [5, 5.41) is 0. The Morgan fingerprint density at radius 3 is 2.32 bits per heavy atom. The van der Waals surface area contributed by atoms with Gasteiger partial charge in [0.2, 0.25) is 5.91 Å². The molecule has 1 aliphatic rings. The Hall–Kier alpha value is -2.89. The summed E-state index contributed by atoms with van der Waals surface area (Å²) in [7, 11) is 4.91. The van der Waals surface area contributed by atoms with Crippen LogP contribution in [0.5, 0.6) is 23.0 Å². The SMILES string of the molecule is COc1ccc(OCCC(=O)N2CCC[C@H]2c2cc(OC)ccc2OC)cc1. The third kappa shape index (κ3) is 4.50. The molecule has 6 heteroatoms. The molecule has 150 valence electrons. The lowest BCUT2D eigenvalue weighted by atomic mass is 10.0. The van der Waals surface area contributed by atoms with E-state index in [1.54, 1.807) is 21.3 Å². The topological polar surface area (TPSA) is 57.2 Å². The molecular weight excluding hydrogens is 358 g/mol. The van der Waals surface area contributed by atoms with Gasteiger partial charge in [-0.1, -0.05) is 0 Å². The van der Waals surface area contributed by atoms with Crippen molar-refractivity contribution < 1.29 is 23.7 Å². The quantitative estimate of drug-likeness (QED) is 0.691. The van der Waals surface area contributed by atoms with Crippen molar-refractivity contribution in [1.29, 1.82) is 0 Å². The molecule has 0 bridgehead atoms. The maximum Gasteiger partial charge on any atom is 0.226 e. The van der Waals surface area contributed by atoms with E-state index in [4.69, 9.17) is 18.9 Å². The Morgan fingerprint density at radius 1 is 0.964 bits per heavy atom. The second-order valence-corrected chi connectivity index (χ2v) is 6.63. The number of likely N-dealkylation sites (tertiary alicyclic amines) is 1. The molecule has 1 aliphatic heterocycles. The molecule has 0 unspecified atom stereocenters. The molecule has 0 aromatic heterocycles. The number of ether oxygens (including phenoxy) is 4. The lowest BCUT2D eigenvalue weighted by Crippen LogP contribution is -2.31. The van der Waals surface area contributed by atoms with Gasteiger partial charge in [0.05, 0.1) is 40.4 Å². The summed E-state index contributed by atoms with van der Waals surface area (Å²) >= 11 is 0. The van der Waals surface area contributed by atoms with E-state index in [0.29, 0.717) is 13.0 Å². The van der Waals surface area contributed by atoms with E-state index in [-0.39, 0.29) is 11.9 Å². The number of rotatable bonds is 8. The van der Waals surface area contributed by atoms with Gasteiger partial charge in [-0.25, -0.2) is 0 Å². The van der Waals surface area contributed by atoms with Gasteiger partial charge < -0.3 is 23.8 Å². The van der Waals surface area contributed by atoms with Crippen LogP contribution in [0.2, 0.25) is 0 Å². The highest BCUT2D eigenvalue weighted by atomic mass is 16.5. The molecule has 1 fully saturated rings. The van der Waals surface area contributed by atoms with Gasteiger partial charge in [-0.2, -0.15) is 0 Å². The van der Waals surface area contributed by atoms with E-state index in [0.717, 1.165) is 47.9 Å². The van der Waals surface area contributed by atoms with E-state index in [1.165, 1.54) is 0 Å². The molecule has 1 heterocycles. The predicted molar refractivity (Wildman–Crippen MR) is 106 cm³/mol. The zero-order valence-corrected chi connectivity index (χ0v) is 16.6. The second kappa shape index (κ2) is 9.35. The van der Waals surface area contributed by atoms with Crippen molar-refractivity contribution >= 4 is 5.91 Å². The van der Waals surface area contributed by atoms with Crippen molar-refractivity contribution in [3.63, 3.8) is 0 Å². The van der Waals surface area contributed by atoms with Crippen LogP contribution >= 0.6 is 0 Å². The Bertz CT molecular complexity index is 790. The summed E-state index contributed by atoms with van der Waals surface area (Å²) in [5.41, 5.74) is 0.990. The maximum atomic E-state index is 12.8. The van der Waals surface area contributed by atoms with Crippen molar-refractivity contribution in [3.8, 4) is 23.0 Å². The fourth-order valence-electron chi connectivity index (χ4n) is 3.56. The first-order valence-electron chi connectivity index (χ1n) is 9.44. The Kier molecular flexibility index (Phi) is 6.63. The minimum Gasteiger partial charge on any atom is -0.497 e. The molecule has 6 nitrogen and oxygen atoms in total. The second-order valence-electron chi connectivity index (χ2n) is 6.63. The van der Waals surface area contributed by atoms with E-state index in [2.05, 4.69) is 0 Å². The van der Waals surface area contributed by atoms with Gasteiger partial charge in [0.15, 0.2) is 0 Å². The highest BCUT2D eigenvalue weighted by Crippen LogP contribution is 2.39. The van der Waals surface area contributed by atoms with Crippen LogP contribution in [0.25, 0.3) is 0 Å². The van der Waals surface area contributed by atoms with Crippen molar-refractivity contribution in [3.05, 3.63) is 48.0 Å². The van der Waals surface area contributed by atoms with Crippen LogP contribution in [-0.4, -0.2) is 45.3 Å². The van der Waals surface area contributed by atoms with Crippen molar-refractivity contribution in [2.24, 2.45) is 0 Å². The summed E-state index contributed by atoms with van der Waals surface area (Å²) in [6, 6.07) is 13.1. The van der Waals surface area contributed by atoms with Crippen LogP contribution in [0.3, 0.4) is 0 Å². The standard InChI is InChI=1S/C22H27NO5/c1-25-16-6-8-17(9-7-16)28-14-12-22(24)23-13-4-5-20(23)19-15-18(26-2)10-11-21(19)27-3/h6-11,15,20H,4-5,12-14H2,1-3H3/t20-/m0/s1. The molecule has 1 saturated heterocycles. The van der Waals surface area contributed by atoms with E-state index in [1.807, 2.05) is 47.4 Å². The molecule has 0 N–H and O–H groups in total. The lowest BCUT2D eigenvalue weighted by molar-refractivity contribution is -0.132. The zero-order valence-electron chi connectivity index (χ0n) is 16.6. The van der Waals surface area contributed by atoms with Crippen LogP contribution < -0.4 is 18.9 Å². The fraction of sp³-hybridized carbons (Fsp3) is 0.409. The average Bonchev–Trinajstić information content (AvgIpc) is 3.23. The number of carbonyl (C=O) groups is 1. The van der Waals surface area contributed by atoms with Crippen LogP contribution in [0.1, 0.15) is 30.9 Å². The molecule has 3 rings (SSSR count). The maximum absolute atomic E-state index is 12.8. The van der Waals surface area contributed by atoms with E-state index >= 15 is 0 Å². The number of hydrogen-bond donors (Lipinski definition) is 0. The molecule has 0 aliphatic carbocycles. The Labute approximate surface area is 166 Å². The third-order valence-corrected chi connectivity index (χ3v) is 5.01. The number of amides is 1.